The fourth-order valence-corrected chi connectivity index (χ4v) is 8.94. The van der Waals surface area contributed by atoms with E-state index >= 15 is 0 Å². The van der Waals surface area contributed by atoms with Crippen molar-refractivity contribution in [3.63, 3.8) is 0 Å². The van der Waals surface area contributed by atoms with Gasteiger partial charge in [0, 0.05) is 65.9 Å². The van der Waals surface area contributed by atoms with Gasteiger partial charge >= 0.3 is 0 Å². The van der Waals surface area contributed by atoms with Crippen molar-refractivity contribution in [3.8, 4) is 0 Å². The summed E-state index contributed by atoms with van der Waals surface area (Å²) >= 11 is 1.84. The van der Waals surface area contributed by atoms with Gasteiger partial charge in [-0.1, -0.05) is 19.3 Å². The average Bonchev–Trinajstić information content (AvgIpc) is 3.58. The van der Waals surface area contributed by atoms with Crippen LogP contribution in [0.25, 0.3) is 0 Å². The Morgan fingerprint density at radius 1 is 1.05 bits per heavy atom. The summed E-state index contributed by atoms with van der Waals surface area (Å²) in [4.78, 5) is 37.4. The Morgan fingerprint density at radius 3 is 2.46 bits per heavy atom. The number of carbonyl (C=O) groups is 2. The van der Waals surface area contributed by atoms with E-state index in [1.54, 1.807) is 6.92 Å². The lowest BCUT2D eigenvalue weighted by molar-refractivity contribution is -0.130. The van der Waals surface area contributed by atoms with Gasteiger partial charge in [0.15, 0.2) is 0 Å². The van der Waals surface area contributed by atoms with E-state index < -0.39 is 0 Å². The highest BCUT2D eigenvalue weighted by Gasteiger charge is 2.42. The Kier molecular flexibility index (Phi) is 7.86. The predicted octanol–water partition coefficient (Wildman–Crippen LogP) is 5.46. The number of nitrogens with one attached hydrogen (secondary N) is 1. The summed E-state index contributed by atoms with van der Waals surface area (Å²) in [5, 5.41) is 3.49. The third-order valence-corrected chi connectivity index (χ3v) is 11.1. The number of hydrogen-bond acceptors (Lipinski definition) is 5. The molecule has 0 radical (unpaired) electrons. The zero-order chi connectivity index (χ0) is 27.1. The Balaban J connectivity index is 1.12. The number of amides is 2. The number of nitrogens with zero attached hydrogens (tertiary/aromatic N) is 4. The minimum atomic E-state index is 0.113. The van der Waals surface area contributed by atoms with Gasteiger partial charge in [0.1, 0.15) is 5.82 Å². The standard InChI is InChI=1S/C31H45N5O2S/c1-20-9-12-30(39-20)27(33-31(38)23-7-5-4-6-8-23)13-16-35-24-10-11-25(35)18-26(17-24)36-21(2)32-28-19-34(22(3)37)15-14-29(28)36/h9,12,23-27H,4-8,10-11,13-19H2,1-3H3,(H,33,38)/t24?,25?,26?,27-/m0/s1. The van der Waals surface area contributed by atoms with Gasteiger partial charge in [-0.2, -0.15) is 0 Å². The number of rotatable bonds is 7. The van der Waals surface area contributed by atoms with Crippen molar-refractivity contribution >= 4 is 23.2 Å². The highest BCUT2D eigenvalue weighted by molar-refractivity contribution is 7.12. The van der Waals surface area contributed by atoms with E-state index in [1.807, 2.05) is 16.2 Å². The first kappa shape index (κ1) is 27.0. The van der Waals surface area contributed by atoms with Crippen LogP contribution in [0.2, 0.25) is 0 Å². The number of fused-ring (bicyclic) bond motifs is 3. The van der Waals surface area contributed by atoms with E-state index in [1.165, 1.54) is 60.4 Å². The highest BCUT2D eigenvalue weighted by atomic mass is 32.1. The lowest BCUT2D eigenvalue weighted by Gasteiger charge is -2.41. The molecule has 2 amide bonds. The van der Waals surface area contributed by atoms with Crippen molar-refractivity contribution in [2.75, 3.05) is 13.1 Å². The summed E-state index contributed by atoms with van der Waals surface area (Å²) in [7, 11) is 0. The molecular formula is C31H45N5O2S. The SMILES string of the molecule is CC(=O)N1CCc2c(nc(C)n2C2CC3CCC(C2)N3CC[C@H](NC(=O)C2CCCCC2)c2ccc(C)s2)C1. The second kappa shape index (κ2) is 11.4. The molecule has 4 aliphatic rings. The monoisotopic (exact) mass is 551 g/mol. The van der Waals surface area contributed by atoms with Crippen molar-refractivity contribution in [1.82, 2.24) is 24.7 Å². The van der Waals surface area contributed by atoms with E-state index in [0.717, 1.165) is 50.3 Å². The number of carbonyl (C=O) groups excluding carboxylic acids is 2. The molecule has 2 bridgehead atoms. The topological polar surface area (TPSA) is 70.5 Å². The normalized spacial score (nSPS) is 26.4. The highest BCUT2D eigenvalue weighted by Crippen LogP contribution is 2.43. The van der Waals surface area contributed by atoms with Crippen LogP contribution in [-0.2, 0) is 22.6 Å². The third-order valence-electron chi connectivity index (χ3n) is 9.97. The molecule has 5 heterocycles. The van der Waals surface area contributed by atoms with Gasteiger partial charge in [0.2, 0.25) is 11.8 Å². The van der Waals surface area contributed by atoms with Crippen LogP contribution >= 0.6 is 11.3 Å². The quantitative estimate of drug-likeness (QED) is 0.496. The number of thiophene rings is 1. The van der Waals surface area contributed by atoms with Crippen molar-refractivity contribution in [1.29, 1.82) is 0 Å². The van der Waals surface area contributed by atoms with Crippen molar-refractivity contribution in [2.24, 2.45) is 5.92 Å². The molecule has 3 aliphatic heterocycles. The number of hydrogen-bond donors (Lipinski definition) is 1. The molecule has 0 aromatic carbocycles. The molecular weight excluding hydrogens is 506 g/mol. The maximum absolute atomic E-state index is 13.2. The lowest BCUT2D eigenvalue weighted by atomic mass is 9.88. The molecule has 1 aliphatic carbocycles. The van der Waals surface area contributed by atoms with Gasteiger partial charge < -0.3 is 14.8 Å². The summed E-state index contributed by atoms with van der Waals surface area (Å²) in [6, 6.07) is 6.23. The number of imidazole rings is 1. The molecule has 3 fully saturated rings. The second-order valence-corrected chi connectivity index (χ2v) is 13.8. The van der Waals surface area contributed by atoms with Crippen LogP contribution in [-0.4, -0.2) is 56.3 Å². The molecule has 7 nitrogen and oxygen atoms in total. The summed E-state index contributed by atoms with van der Waals surface area (Å²) in [6.07, 6.45) is 12.5. The fraction of sp³-hybridized carbons (Fsp3) is 0.710. The Morgan fingerprint density at radius 2 is 1.79 bits per heavy atom. The lowest BCUT2D eigenvalue weighted by Crippen LogP contribution is -2.45. The maximum Gasteiger partial charge on any atom is 0.223 e. The Bertz CT molecular complexity index is 1180. The molecule has 39 heavy (non-hydrogen) atoms. The minimum Gasteiger partial charge on any atom is -0.348 e. The van der Waals surface area contributed by atoms with Crippen LogP contribution in [0.1, 0.15) is 110 Å². The fourth-order valence-electron chi connectivity index (χ4n) is 7.97. The van der Waals surface area contributed by atoms with E-state index in [-0.39, 0.29) is 23.8 Å². The molecule has 0 spiro atoms. The first-order valence-electron chi connectivity index (χ1n) is 15.3. The Hall–Kier alpha value is -2.19. The van der Waals surface area contributed by atoms with Gasteiger partial charge in [0.25, 0.3) is 0 Å². The van der Waals surface area contributed by atoms with Crippen molar-refractivity contribution < 1.29 is 9.59 Å². The molecule has 3 atom stereocenters. The van der Waals surface area contributed by atoms with Crippen LogP contribution in [0, 0.1) is 19.8 Å². The smallest absolute Gasteiger partial charge is 0.223 e. The molecule has 2 unspecified atom stereocenters. The van der Waals surface area contributed by atoms with E-state index in [0.29, 0.717) is 24.7 Å². The van der Waals surface area contributed by atoms with Crippen LogP contribution in [0.15, 0.2) is 12.1 Å². The van der Waals surface area contributed by atoms with Gasteiger partial charge in [-0.25, -0.2) is 4.98 Å². The predicted molar refractivity (Wildman–Crippen MR) is 155 cm³/mol. The van der Waals surface area contributed by atoms with Gasteiger partial charge in [-0.05, 0) is 70.9 Å². The summed E-state index contributed by atoms with van der Waals surface area (Å²) < 4.78 is 2.54. The number of aryl methyl sites for hydroxylation is 2. The van der Waals surface area contributed by atoms with Gasteiger partial charge in [-0.3, -0.25) is 14.5 Å². The van der Waals surface area contributed by atoms with Crippen LogP contribution in [0.5, 0.6) is 0 Å². The zero-order valence-electron chi connectivity index (χ0n) is 24.0. The number of piperidine rings is 1. The summed E-state index contributed by atoms with van der Waals surface area (Å²) in [5.74, 6) is 1.73. The van der Waals surface area contributed by atoms with E-state index in [4.69, 9.17) is 4.98 Å². The largest absolute Gasteiger partial charge is 0.348 e. The average molecular weight is 552 g/mol. The van der Waals surface area contributed by atoms with Crippen molar-refractivity contribution in [2.45, 2.75) is 122 Å². The molecule has 2 saturated heterocycles. The van der Waals surface area contributed by atoms with Crippen LogP contribution in [0.3, 0.4) is 0 Å². The molecule has 6 rings (SSSR count). The minimum absolute atomic E-state index is 0.113. The second-order valence-electron chi connectivity index (χ2n) is 12.5. The Labute approximate surface area is 237 Å². The van der Waals surface area contributed by atoms with Crippen molar-refractivity contribution in [3.05, 3.63) is 39.1 Å². The molecule has 1 saturated carbocycles. The number of aromatic nitrogens is 2. The van der Waals surface area contributed by atoms with E-state index in [9.17, 15) is 9.59 Å². The third kappa shape index (κ3) is 5.56. The molecule has 1 N–H and O–H groups in total. The van der Waals surface area contributed by atoms with Crippen LogP contribution < -0.4 is 5.32 Å². The van der Waals surface area contributed by atoms with E-state index in [2.05, 4.69) is 40.8 Å². The van der Waals surface area contributed by atoms with Gasteiger partial charge in [-0.15, -0.1) is 11.3 Å². The first-order valence-corrected chi connectivity index (χ1v) is 16.1. The zero-order valence-corrected chi connectivity index (χ0v) is 24.8. The molecule has 2 aromatic heterocycles. The van der Waals surface area contributed by atoms with Crippen LogP contribution in [0.4, 0.5) is 0 Å². The summed E-state index contributed by atoms with van der Waals surface area (Å²) in [6.45, 7) is 8.47. The molecule has 2 aromatic rings. The summed E-state index contributed by atoms with van der Waals surface area (Å²) in [5.41, 5.74) is 2.47. The van der Waals surface area contributed by atoms with Gasteiger partial charge in [0.05, 0.1) is 18.3 Å². The maximum atomic E-state index is 13.2. The molecule has 8 heteroatoms. The molecule has 212 valence electrons. The first-order chi connectivity index (χ1) is 18.9.